The van der Waals surface area contributed by atoms with E-state index in [1.807, 2.05) is 36.5 Å². The van der Waals surface area contributed by atoms with Crippen molar-refractivity contribution in [1.82, 2.24) is 9.55 Å². The topological polar surface area (TPSA) is 96.4 Å². The molecule has 5 N–H and O–H groups in total. The number of hydrogen-bond acceptors (Lipinski definition) is 5. The molecule has 0 spiro atoms. The van der Waals surface area contributed by atoms with Gasteiger partial charge in [0.05, 0.1) is 7.11 Å². The minimum Gasteiger partial charge on any atom is -0.497 e. The van der Waals surface area contributed by atoms with E-state index >= 15 is 0 Å². The number of nitrogens with one attached hydrogen (secondary N) is 1. The molecule has 6 nitrogen and oxygen atoms in total. The summed E-state index contributed by atoms with van der Waals surface area (Å²) in [6.45, 7) is 0.604. The maximum atomic E-state index is 10.4. The zero-order valence-corrected chi connectivity index (χ0v) is 18.0. The summed E-state index contributed by atoms with van der Waals surface area (Å²) in [6.07, 6.45) is 10.2. The fraction of sp³-hybridized carbons (Fsp3) is 0.391. The molecule has 7 heteroatoms. The second-order valence-electron chi connectivity index (χ2n) is 7.77. The van der Waals surface area contributed by atoms with Crippen LogP contribution in [0.5, 0.6) is 17.5 Å². The maximum Gasteiger partial charge on any atom is 0.197 e. The number of benzene rings is 1. The Morgan fingerprint density at radius 2 is 1.90 bits per heavy atom. The van der Waals surface area contributed by atoms with Gasteiger partial charge >= 0.3 is 0 Å². The number of fused-ring (bicyclic) bond motifs is 2. The van der Waals surface area contributed by atoms with Gasteiger partial charge in [0.2, 0.25) is 0 Å². The number of nitrogens with zero attached hydrogens (tertiary/aromatic N) is 1. The Balaban J connectivity index is 1.25. The number of H-pyrrole nitrogens is 1. The summed E-state index contributed by atoms with van der Waals surface area (Å²) in [4.78, 5) is 4.47. The zero-order valence-electron chi connectivity index (χ0n) is 17.2. The van der Waals surface area contributed by atoms with Crippen molar-refractivity contribution in [3.63, 3.8) is 0 Å². The van der Waals surface area contributed by atoms with Crippen LogP contribution < -0.4 is 10.5 Å². The van der Waals surface area contributed by atoms with Crippen LogP contribution >= 0.6 is 11.8 Å². The van der Waals surface area contributed by atoms with Crippen molar-refractivity contribution in [3.05, 3.63) is 47.7 Å². The highest BCUT2D eigenvalue weighted by molar-refractivity contribution is 7.99. The Morgan fingerprint density at radius 1 is 1.17 bits per heavy atom. The van der Waals surface area contributed by atoms with Crippen LogP contribution in [0.2, 0.25) is 0 Å². The third-order valence-electron chi connectivity index (χ3n) is 5.74. The first-order chi connectivity index (χ1) is 14.6. The van der Waals surface area contributed by atoms with Crippen molar-refractivity contribution < 1.29 is 14.9 Å². The molecule has 2 heterocycles. The van der Waals surface area contributed by atoms with Crippen LogP contribution in [0.1, 0.15) is 30.4 Å². The minimum atomic E-state index is 0.0924. The molecule has 30 heavy (non-hydrogen) atoms. The van der Waals surface area contributed by atoms with E-state index in [-0.39, 0.29) is 17.8 Å². The van der Waals surface area contributed by atoms with Crippen LogP contribution in [-0.4, -0.2) is 38.7 Å². The standard InChI is InChI=1S/C23H29N3O3S/c1-29-16-9-10-20-19(12-16)21(13-25-20)30-14-15(24)6-4-5-11-26-22(27)17-7-2-3-8-18(17)23(26)28/h2-3,9-10,12-13,15,25,27-28H,4-8,11,14,24H2,1H3. The monoisotopic (exact) mass is 427 g/mol. The van der Waals surface area contributed by atoms with Crippen molar-refractivity contribution in [1.29, 1.82) is 0 Å². The lowest BCUT2D eigenvalue weighted by Crippen LogP contribution is -2.22. The molecule has 0 radical (unpaired) electrons. The average molecular weight is 428 g/mol. The Hall–Kier alpha value is -2.51. The normalized spacial score (nSPS) is 14.2. The number of thioether (sulfide) groups is 1. The summed E-state index contributed by atoms with van der Waals surface area (Å²) in [6, 6.07) is 6.12. The van der Waals surface area contributed by atoms with Gasteiger partial charge in [-0.1, -0.05) is 18.6 Å². The molecule has 1 aromatic carbocycles. The Morgan fingerprint density at radius 3 is 2.60 bits per heavy atom. The fourth-order valence-electron chi connectivity index (χ4n) is 4.02. The smallest absolute Gasteiger partial charge is 0.197 e. The van der Waals surface area contributed by atoms with Crippen LogP contribution in [0.25, 0.3) is 10.9 Å². The molecule has 4 rings (SSSR count). The lowest BCUT2D eigenvalue weighted by atomic mass is 10.0. The van der Waals surface area contributed by atoms with Gasteiger partial charge in [-0.05, 0) is 43.9 Å². The lowest BCUT2D eigenvalue weighted by molar-refractivity contribution is 0.359. The van der Waals surface area contributed by atoms with Gasteiger partial charge in [0.25, 0.3) is 0 Å². The number of methoxy groups -OCH3 is 1. The van der Waals surface area contributed by atoms with Gasteiger partial charge in [-0.3, -0.25) is 4.57 Å². The van der Waals surface area contributed by atoms with Crippen molar-refractivity contribution in [2.75, 3.05) is 12.9 Å². The molecule has 1 aliphatic rings. The van der Waals surface area contributed by atoms with Crippen LogP contribution in [-0.2, 0) is 19.4 Å². The van der Waals surface area contributed by atoms with Crippen LogP contribution in [0.4, 0.5) is 0 Å². The molecule has 0 fully saturated rings. The van der Waals surface area contributed by atoms with Gasteiger partial charge in [0, 0.05) is 51.5 Å². The zero-order chi connectivity index (χ0) is 21.1. The van der Waals surface area contributed by atoms with Crippen molar-refractivity contribution in [2.45, 2.75) is 49.6 Å². The van der Waals surface area contributed by atoms with Crippen molar-refractivity contribution >= 4 is 22.7 Å². The van der Waals surface area contributed by atoms with E-state index in [1.54, 1.807) is 23.4 Å². The predicted molar refractivity (Wildman–Crippen MR) is 122 cm³/mol. The molecular formula is C23H29N3O3S. The molecule has 2 aromatic heterocycles. The number of unbranched alkanes of at least 4 members (excludes halogenated alkanes) is 1. The number of hydrogen-bond donors (Lipinski definition) is 4. The number of allylic oxidation sites excluding steroid dienone is 2. The number of ether oxygens (including phenoxy) is 1. The summed E-state index contributed by atoms with van der Waals surface area (Å²) in [5.41, 5.74) is 9.15. The number of nitrogens with two attached hydrogens (primary N) is 1. The first kappa shape index (κ1) is 20.8. The molecule has 160 valence electrons. The van der Waals surface area contributed by atoms with E-state index in [2.05, 4.69) is 4.98 Å². The van der Waals surface area contributed by atoms with E-state index in [1.165, 1.54) is 4.90 Å². The lowest BCUT2D eigenvalue weighted by Gasteiger charge is -2.12. The third-order valence-corrected chi connectivity index (χ3v) is 6.98. The van der Waals surface area contributed by atoms with Crippen LogP contribution in [0.15, 0.2) is 41.4 Å². The second kappa shape index (κ2) is 9.10. The minimum absolute atomic E-state index is 0.0924. The summed E-state index contributed by atoms with van der Waals surface area (Å²) < 4.78 is 6.96. The molecule has 0 saturated heterocycles. The highest BCUT2D eigenvalue weighted by atomic mass is 32.2. The number of aromatic hydroxyl groups is 2. The summed E-state index contributed by atoms with van der Waals surface area (Å²) >= 11 is 1.76. The predicted octanol–water partition coefficient (Wildman–Crippen LogP) is 4.33. The van der Waals surface area contributed by atoms with Gasteiger partial charge in [0.15, 0.2) is 11.8 Å². The highest BCUT2D eigenvalue weighted by Gasteiger charge is 2.22. The molecule has 0 amide bonds. The summed E-state index contributed by atoms with van der Waals surface area (Å²) in [7, 11) is 1.68. The van der Waals surface area contributed by atoms with Gasteiger partial charge in [-0.15, -0.1) is 11.8 Å². The molecule has 0 aliphatic heterocycles. The number of aromatic amines is 1. The van der Waals surface area contributed by atoms with Gasteiger partial charge in [-0.25, -0.2) is 0 Å². The fourth-order valence-corrected chi connectivity index (χ4v) is 5.04. The van der Waals surface area contributed by atoms with Gasteiger partial charge in [-0.2, -0.15) is 0 Å². The van der Waals surface area contributed by atoms with E-state index in [4.69, 9.17) is 10.5 Å². The van der Waals surface area contributed by atoms with E-state index in [9.17, 15) is 10.2 Å². The third kappa shape index (κ3) is 4.18. The van der Waals surface area contributed by atoms with E-state index in [0.717, 1.165) is 52.8 Å². The van der Waals surface area contributed by atoms with Crippen molar-refractivity contribution in [2.24, 2.45) is 5.73 Å². The Bertz CT molecular complexity index is 1020. The average Bonchev–Trinajstić information content (AvgIpc) is 3.28. The maximum absolute atomic E-state index is 10.4. The van der Waals surface area contributed by atoms with Crippen LogP contribution in [0, 0.1) is 0 Å². The molecule has 0 bridgehead atoms. The highest BCUT2D eigenvalue weighted by Crippen LogP contribution is 2.37. The van der Waals surface area contributed by atoms with Crippen molar-refractivity contribution in [3.8, 4) is 17.5 Å². The largest absolute Gasteiger partial charge is 0.497 e. The second-order valence-corrected chi connectivity index (χ2v) is 8.83. The molecule has 3 aromatic rings. The summed E-state index contributed by atoms with van der Waals surface area (Å²) in [5.74, 6) is 2.11. The first-order valence-corrected chi connectivity index (χ1v) is 11.4. The Kier molecular flexibility index (Phi) is 6.29. The van der Waals surface area contributed by atoms with E-state index in [0.29, 0.717) is 19.4 Å². The SMILES string of the molecule is COc1ccc2[nH]cc(SCC(N)CCCCn3c(O)c4c(c3O)CC=CC4)c2c1. The molecule has 1 atom stereocenters. The molecule has 1 aliphatic carbocycles. The van der Waals surface area contributed by atoms with E-state index < -0.39 is 0 Å². The van der Waals surface area contributed by atoms with Crippen LogP contribution in [0.3, 0.4) is 0 Å². The first-order valence-electron chi connectivity index (χ1n) is 10.4. The molecular weight excluding hydrogens is 398 g/mol. The number of rotatable bonds is 9. The Labute approximate surface area is 180 Å². The summed E-state index contributed by atoms with van der Waals surface area (Å²) in [5, 5.41) is 22.0. The van der Waals surface area contributed by atoms with Gasteiger partial charge < -0.3 is 25.7 Å². The quantitative estimate of drug-likeness (QED) is 0.231. The molecule has 1 unspecified atom stereocenters. The number of aromatic nitrogens is 2. The van der Waals surface area contributed by atoms with Gasteiger partial charge in [0.1, 0.15) is 5.75 Å². The molecule has 0 saturated carbocycles.